The van der Waals surface area contributed by atoms with Crippen LogP contribution in [0.15, 0.2) is 88.3 Å². The number of benzene rings is 4. The summed E-state index contributed by atoms with van der Waals surface area (Å²) in [4.78, 5) is 9.61. The van der Waals surface area contributed by atoms with Gasteiger partial charge in [0.05, 0.1) is 37.9 Å². The Labute approximate surface area is 197 Å². The van der Waals surface area contributed by atoms with Crippen LogP contribution in [-0.2, 0) is 0 Å². The molecule has 0 radical (unpaired) electrons. The van der Waals surface area contributed by atoms with Crippen LogP contribution >= 0.6 is 39.1 Å². The first-order valence-corrected chi connectivity index (χ1v) is 11.0. The van der Waals surface area contributed by atoms with Gasteiger partial charge in [0, 0.05) is 15.7 Å². The lowest BCUT2D eigenvalue weighted by molar-refractivity contribution is 1.07. The summed E-state index contributed by atoms with van der Waals surface area (Å²) in [5.41, 5.74) is 12.1. The summed E-state index contributed by atoms with van der Waals surface area (Å²) in [5.74, 6) is 0. The van der Waals surface area contributed by atoms with Crippen LogP contribution in [-0.4, -0.2) is 9.55 Å². The SMILES string of the molecule is Nc1c(Br)c2nc3ccccc3n(-c3ccc(Cl)cc3)c-2cc1=Nc1ccc(Cl)cc1. The van der Waals surface area contributed by atoms with Crippen LogP contribution in [0.5, 0.6) is 0 Å². The zero-order chi connectivity index (χ0) is 21.5. The minimum absolute atomic E-state index is 0.521. The minimum atomic E-state index is 0.521. The zero-order valence-electron chi connectivity index (χ0n) is 16.1. The van der Waals surface area contributed by atoms with Crippen molar-refractivity contribution in [2.45, 2.75) is 0 Å². The molecular weight excluding hydrogens is 495 g/mol. The number of nitrogens with two attached hydrogens (primary N) is 1. The summed E-state index contributed by atoms with van der Waals surface area (Å²) in [5, 5.41) is 1.97. The first kappa shape index (κ1) is 20.1. The summed E-state index contributed by atoms with van der Waals surface area (Å²) < 4.78 is 2.84. The van der Waals surface area contributed by atoms with E-state index in [1.165, 1.54) is 0 Å². The molecule has 0 spiro atoms. The number of nitrogen functional groups attached to an aromatic ring is 1. The highest BCUT2D eigenvalue weighted by molar-refractivity contribution is 9.10. The fourth-order valence-corrected chi connectivity index (χ4v) is 4.27. The Hall–Kier alpha value is -2.86. The highest BCUT2D eigenvalue weighted by Gasteiger charge is 2.19. The van der Waals surface area contributed by atoms with Gasteiger partial charge in [-0.15, -0.1) is 0 Å². The van der Waals surface area contributed by atoms with Gasteiger partial charge in [0.25, 0.3) is 0 Å². The molecule has 0 amide bonds. The van der Waals surface area contributed by atoms with Gasteiger partial charge in [-0.05, 0) is 82.7 Å². The molecule has 0 fully saturated rings. The van der Waals surface area contributed by atoms with Gasteiger partial charge in [-0.25, -0.2) is 9.98 Å². The van der Waals surface area contributed by atoms with Gasteiger partial charge < -0.3 is 10.3 Å². The molecule has 152 valence electrons. The van der Waals surface area contributed by atoms with Gasteiger partial charge in [0.2, 0.25) is 0 Å². The van der Waals surface area contributed by atoms with Crippen LogP contribution in [0.3, 0.4) is 0 Å². The monoisotopic (exact) mass is 508 g/mol. The van der Waals surface area contributed by atoms with Crippen molar-refractivity contribution >= 4 is 61.5 Å². The number of hydrogen-bond acceptors (Lipinski definition) is 3. The average Bonchev–Trinajstić information content (AvgIpc) is 2.78. The molecule has 1 aliphatic carbocycles. The second-order valence-electron chi connectivity index (χ2n) is 6.99. The Morgan fingerprint density at radius 1 is 0.871 bits per heavy atom. The highest BCUT2D eigenvalue weighted by atomic mass is 79.9. The predicted octanol–water partition coefficient (Wildman–Crippen LogP) is 7.01. The van der Waals surface area contributed by atoms with E-state index in [0.29, 0.717) is 25.6 Å². The number of aromatic nitrogens is 2. The third-order valence-corrected chi connectivity index (χ3v) is 6.30. The van der Waals surface area contributed by atoms with Gasteiger partial charge in [0.1, 0.15) is 5.69 Å². The van der Waals surface area contributed by atoms with Crippen molar-refractivity contribution < 1.29 is 0 Å². The minimum Gasteiger partial charge on any atom is -0.396 e. The molecule has 0 saturated carbocycles. The lowest BCUT2D eigenvalue weighted by Gasteiger charge is -2.20. The molecule has 3 aromatic rings. The second kappa shape index (κ2) is 8.00. The Morgan fingerprint density at radius 2 is 1.52 bits per heavy atom. The normalized spacial score (nSPS) is 12.0. The van der Waals surface area contributed by atoms with E-state index in [-0.39, 0.29) is 0 Å². The fourth-order valence-electron chi connectivity index (χ4n) is 3.52. The van der Waals surface area contributed by atoms with Crippen molar-refractivity contribution in [2.24, 2.45) is 4.99 Å². The lowest BCUT2D eigenvalue weighted by Crippen LogP contribution is -2.16. The third kappa shape index (κ3) is 3.69. The van der Waals surface area contributed by atoms with Crippen molar-refractivity contribution in [1.29, 1.82) is 0 Å². The van der Waals surface area contributed by atoms with Gasteiger partial charge in [0.15, 0.2) is 0 Å². The molecular formula is C24H15BrCl2N4. The molecule has 2 N–H and O–H groups in total. The van der Waals surface area contributed by atoms with Crippen LogP contribution in [0, 0.1) is 0 Å². The van der Waals surface area contributed by atoms with E-state index in [9.17, 15) is 0 Å². The first-order valence-electron chi connectivity index (χ1n) is 9.47. The summed E-state index contributed by atoms with van der Waals surface area (Å²) in [6.07, 6.45) is 0. The predicted molar refractivity (Wildman–Crippen MR) is 131 cm³/mol. The molecule has 5 rings (SSSR count). The molecule has 7 heteroatoms. The van der Waals surface area contributed by atoms with Crippen LogP contribution in [0.2, 0.25) is 10.0 Å². The number of anilines is 1. The smallest absolute Gasteiger partial charge is 0.104 e. The summed E-state index contributed by atoms with van der Waals surface area (Å²) in [6.45, 7) is 0. The van der Waals surface area contributed by atoms with E-state index in [0.717, 1.165) is 33.8 Å². The molecule has 4 nitrogen and oxygen atoms in total. The molecule has 0 saturated heterocycles. The molecule has 3 aromatic carbocycles. The third-order valence-electron chi connectivity index (χ3n) is 4.99. The summed E-state index contributed by atoms with van der Waals surface area (Å²) in [7, 11) is 0. The van der Waals surface area contributed by atoms with E-state index < -0.39 is 0 Å². The van der Waals surface area contributed by atoms with E-state index in [4.69, 9.17) is 38.9 Å². The van der Waals surface area contributed by atoms with Gasteiger partial charge in [-0.2, -0.15) is 0 Å². The summed E-state index contributed by atoms with van der Waals surface area (Å²) >= 11 is 15.8. The number of hydrogen-bond donors (Lipinski definition) is 1. The van der Waals surface area contributed by atoms with Crippen molar-refractivity contribution in [2.75, 3.05) is 5.73 Å². The first-order chi connectivity index (χ1) is 15.0. The Morgan fingerprint density at radius 3 is 2.23 bits per heavy atom. The molecule has 31 heavy (non-hydrogen) atoms. The maximum atomic E-state index is 6.45. The van der Waals surface area contributed by atoms with Crippen molar-refractivity contribution in [3.8, 4) is 17.1 Å². The van der Waals surface area contributed by atoms with Crippen molar-refractivity contribution in [3.63, 3.8) is 0 Å². The Balaban J connectivity index is 1.89. The van der Waals surface area contributed by atoms with Crippen LogP contribution in [0.25, 0.3) is 28.1 Å². The van der Waals surface area contributed by atoms with Crippen molar-refractivity contribution in [3.05, 3.63) is 98.7 Å². The molecule has 2 aliphatic rings. The van der Waals surface area contributed by atoms with Gasteiger partial charge in [-0.1, -0.05) is 35.3 Å². The molecule has 0 unspecified atom stereocenters. The van der Waals surface area contributed by atoms with E-state index in [1.54, 1.807) is 12.1 Å². The van der Waals surface area contributed by atoms with Gasteiger partial charge in [-0.3, -0.25) is 0 Å². The maximum absolute atomic E-state index is 6.45. The number of halogens is 3. The molecule has 0 aromatic heterocycles. The zero-order valence-corrected chi connectivity index (χ0v) is 19.2. The molecule has 1 aliphatic heterocycles. The molecule has 0 atom stereocenters. The van der Waals surface area contributed by atoms with E-state index >= 15 is 0 Å². The van der Waals surface area contributed by atoms with Crippen LogP contribution in [0.4, 0.5) is 11.4 Å². The quantitative estimate of drug-likeness (QED) is 0.205. The summed E-state index contributed by atoms with van der Waals surface area (Å²) in [6, 6.07) is 24.9. The van der Waals surface area contributed by atoms with Crippen LogP contribution < -0.4 is 11.1 Å². The Kier molecular flexibility index (Phi) is 5.18. The standard InChI is InChI=1S/C24H15BrCl2N4/c25-22-23(28)19(29-16-9-5-14(26)6-10-16)13-21-24(22)30-18-3-1-2-4-20(18)31(21)17-11-7-15(27)8-12-17/h1-13H,28H2. The number of para-hydroxylation sites is 2. The maximum Gasteiger partial charge on any atom is 0.104 e. The topological polar surface area (TPSA) is 56.2 Å². The van der Waals surface area contributed by atoms with E-state index in [2.05, 4.69) is 20.5 Å². The fraction of sp³-hybridized carbons (Fsp3) is 0. The Bertz CT molecular complexity index is 1460. The van der Waals surface area contributed by atoms with Gasteiger partial charge >= 0.3 is 0 Å². The number of fused-ring (bicyclic) bond motifs is 2. The van der Waals surface area contributed by atoms with E-state index in [1.807, 2.05) is 66.7 Å². The molecule has 0 bridgehead atoms. The largest absolute Gasteiger partial charge is 0.396 e. The average molecular weight is 510 g/mol. The number of rotatable bonds is 2. The second-order valence-corrected chi connectivity index (χ2v) is 8.66. The lowest BCUT2D eigenvalue weighted by atomic mass is 10.1. The number of nitrogens with zero attached hydrogens (tertiary/aromatic N) is 3. The van der Waals surface area contributed by atoms with Crippen molar-refractivity contribution in [1.82, 2.24) is 9.55 Å². The molecule has 1 heterocycles. The van der Waals surface area contributed by atoms with Crippen LogP contribution in [0.1, 0.15) is 0 Å². The highest BCUT2D eigenvalue weighted by Crippen LogP contribution is 2.35.